The summed E-state index contributed by atoms with van der Waals surface area (Å²) in [5.74, 6) is 0. The van der Waals surface area contributed by atoms with Gasteiger partial charge in [0.05, 0.1) is 22.2 Å². The predicted octanol–water partition coefficient (Wildman–Crippen LogP) is 25.8. The van der Waals surface area contributed by atoms with Crippen molar-refractivity contribution < 1.29 is 0 Å². The van der Waals surface area contributed by atoms with Gasteiger partial charge in [0.1, 0.15) is 0 Å². The first-order chi connectivity index (χ1) is 50.5. The zero-order valence-electron chi connectivity index (χ0n) is 56.4. The summed E-state index contributed by atoms with van der Waals surface area (Å²) in [6.07, 6.45) is 0. The molecule has 18 aromatic carbocycles. The lowest BCUT2D eigenvalue weighted by Crippen LogP contribution is -2.36. The number of fused-ring (bicyclic) bond motifs is 24. The molecule has 2 aliphatic carbocycles. The van der Waals surface area contributed by atoms with Gasteiger partial charge in [-0.05, 0) is 200 Å². The van der Waals surface area contributed by atoms with E-state index in [1.165, 1.54) is 210 Å². The summed E-state index contributed by atoms with van der Waals surface area (Å²) in [4.78, 5) is 5.00. The van der Waals surface area contributed by atoms with E-state index in [4.69, 9.17) is 0 Å². The first-order valence-corrected chi connectivity index (χ1v) is 35.8. The predicted molar refractivity (Wildman–Crippen MR) is 429 cm³/mol. The second-order valence-corrected chi connectivity index (χ2v) is 28.4. The van der Waals surface area contributed by atoms with Crippen molar-refractivity contribution >= 4 is 87.4 Å². The number of hydrogen-bond acceptors (Lipinski definition) is 2. The van der Waals surface area contributed by atoms with Crippen molar-refractivity contribution in [3.63, 3.8) is 0 Å². The van der Waals surface area contributed by atoms with Crippen LogP contribution in [0.15, 0.2) is 352 Å². The summed E-state index contributed by atoms with van der Waals surface area (Å²) in [5.41, 5.74) is 31.2. The van der Waals surface area contributed by atoms with Crippen LogP contribution in [0.1, 0.15) is 44.5 Å². The Bertz CT molecular complexity index is 6210. The standard InChI is InChI=1S/C100H64N2/c1-101-93-57-17-15-53-89(93)99(85-49-11-7-33-71(85)72-34-8-12-50-86(72)99)91-55-25-47-79(97(91)101)69-41-23-45-77-83(69)60-84-70(80-48-26-56-92-98(80)102(2)94-58-18-16-54-90(94)100(92)87-51-13-9-35-73(87)74-36-10-14-52-88(74)100)42-24-46-78(84)96(77)95-75-43-21-39-67(65-37-19-29-61-27-3-5-31-63(61)65)81(75)59-82-68(40-22-44-76(82)95)66-38-20-30-62-28-4-6-32-64(62)66/h3-60H,1-2H3. The van der Waals surface area contributed by atoms with Gasteiger partial charge in [-0.2, -0.15) is 0 Å². The minimum atomic E-state index is -0.586. The maximum Gasteiger partial charge on any atom is 0.0754 e. The molecule has 102 heavy (non-hydrogen) atoms. The zero-order valence-corrected chi connectivity index (χ0v) is 56.4. The van der Waals surface area contributed by atoms with Gasteiger partial charge in [-0.1, -0.05) is 328 Å². The second kappa shape index (κ2) is 21.3. The van der Waals surface area contributed by atoms with Gasteiger partial charge in [0.2, 0.25) is 0 Å². The van der Waals surface area contributed by atoms with E-state index in [9.17, 15) is 0 Å². The highest BCUT2D eigenvalue weighted by Crippen LogP contribution is 2.66. The first-order valence-electron chi connectivity index (χ1n) is 35.8. The van der Waals surface area contributed by atoms with E-state index >= 15 is 0 Å². The van der Waals surface area contributed by atoms with Gasteiger partial charge >= 0.3 is 0 Å². The molecule has 2 aliphatic heterocycles. The van der Waals surface area contributed by atoms with Gasteiger partial charge in [-0.15, -0.1) is 0 Å². The monoisotopic (exact) mass is 1290 g/mol. The number of para-hydroxylation sites is 4. The molecule has 0 saturated heterocycles. The maximum absolute atomic E-state index is 2.59. The van der Waals surface area contributed by atoms with Gasteiger partial charge < -0.3 is 9.80 Å². The van der Waals surface area contributed by atoms with Crippen molar-refractivity contribution in [3.8, 4) is 77.9 Å². The summed E-state index contributed by atoms with van der Waals surface area (Å²) in [7, 11) is 4.60. The van der Waals surface area contributed by atoms with E-state index in [2.05, 4.69) is 376 Å². The molecule has 0 fully saturated rings. The van der Waals surface area contributed by atoms with Gasteiger partial charge in [-0.25, -0.2) is 0 Å². The Hall–Kier alpha value is -12.9. The molecule has 0 unspecified atom stereocenters. The zero-order chi connectivity index (χ0) is 67.1. The molecule has 0 radical (unpaired) electrons. The van der Waals surface area contributed by atoms with Gasteiger partial charge in [0.15, 0.2) is 0 Å². The first kappa shape index (κ1) is 57.1. The average molecular weight is 1290 g/mol. The lowest BCUT2D eigenvalue weighted by atomic mass is 9.64. The van der Waals surface area contributed by atoms with E-state index in [1.807, 2.05) is 0 Å². The van der Waals surface area contributed by atoms with Crippen LogP contribution in [0, 0.1) is 0 Å². The Labute approximate surface area is 592 Å². The summed E-state index contributed by atoms with van der Waals surface area (Å²) in [6, 6.07) is 134. The van der Waals surface area contributed by atoms with Crippen LogP contribution in [0.2, 0.25) is 0 Å². The van der Waals surface area contributed by atoms with Crippen LogP contribution in [0.5, 0.6) is 0 Å². The molecule has 0 aromatic heterocycles. The molecule has 0 atom stereocenters. The quantitative estimate of drug-likeness (QED) is 0.159. The number of anilines is 4. The molecule has 0 saturated carbocycles. The molecule has 474 valence electrons. The highest BCUT2D eigenvalue weighted by atomic mass is 15.1. The highest BCUT2D eigenvalue weighted by Gasteiger charge is 2.53. The van der Waals surface area contributed by atoms with Gasteiger partial charge in [0.25, 0.3) is 0 Å². The maximum atomic E-state index is 2.59. The van der Waals surface area contributed by atoms with Gasteiger partial charge in [0, 0.05) is 36.6 Å². The average Bonchev–Trinajstić information content (AvgIpc) is 1.46. The number of nitrogens with zero attached hydrogens (tertiary/aromatic N) is 2. The molecule has 0 bridgehead atoms. The molecular formula is C100H64N2. The normalized spacial score (nSPS) is 13.9. The molecule has 0 amide bonds. The van der Waals surface area contributed by atoms with Crippen LogP contribution in [0.3, 0.4) is 0 Å². The van der Waals surface area contributed by atoms with E-state index in [1.54, 1.807) is 0 Å². The van der Waals surface area contributed by atoms with Crippen molar-refractivity contribution in [2.24, 2.45) is 0 Å². The summed E-state index contributed by atoms with van der Waals surface area (Å²) >= 11 is 0. The lowest BCUT2D eigenvalue weighted by Gasteiger charge is -2.44. The highest BCUT2D eigenvalue weighted by molar-refractivity contribution is 6.29. The minimum Gasteiger partial charge on any atom is -0.344 e. The topological polar surface area (TPSA) is 6.48 Å². The molecule has 4 aliphatic rings. The Morgan fingerprint density at radius 2 is 0.402 bits per heavy atom. The summed E-state index contributed by atoms with van der Waals surface area (Å²) in [6.45, 7) is 0. The van der Waals surface area contributed by atoms with Crippen molar-refractivity contribution in [1.82, 2.24) is 0 Å². The number of benzene rings is 18. The Morgan fingerprint density at radius 3 is 0.765 bits per heavy atom. The summed E-state index contributed by atoms with van der Waals surface area (Å²) < 4.78 is 0. The van der Waals surface area contributed by atoms with E-state index in [0.717, 1.165) is 0 Å². The van der Waals surface area contributed by atoms with E-state index < -0.39 is 10.8 Å². The van der Waals surface area contributed by atoms with Crippen molar-refractivity contribution in [1.29, 1.82) is 0 Å². The molecule has 18 aromatic rings. The fraction of sp³-hybridized carbons (Fsp3) is 0.0400. The Morgan fingerprint density at radius 1 is 0.176 bits per heavy atom. The fourth-order valence-corrected chi connectivity index (χ4v) is 19.9. The second-order valence-electron chi connectivity index (χ2n) is 28.4. The summed E-state index contributed by atoms with van der Waals surface area (Å²) in [5, 5.41) is 14.5. The van der Waals surface area contributed by atoms with Crippen molar-refractivity contribution in [3.05, 3.63) is 396 Å². The van der Waals surface area contributed by atoms with Crippen LogP contribution in [-0.4, -0.2) is 14.1 Å². The van der Waals surface area contributed by atoms with Crippen LogP contribution in [0.25, 0.3) is 143 Å². The SMILES string of the molecule is CN1c2ccccc2C2(c3ccccc3-c3ccccc32)c2cccc(-c3cccc4c(-c5c6cccc(-c7cccc8ccccc78)c6cc6c(-c7cccc8ccccc78)cccc56)c5cccc(-c6cccc7c6N(C)c6ccccc6C76c7ccccc7-c7ccccc76)c5cc34)c21. The minimum absolute atomic E-state index is 0.586. The largest absolute Gasteiger partial charge is 0.344 e. The Kier molecular flexibility index (Phi) is 11.9. The molecule has 2 nitrogen and oxygen atoms in total. The third kappa shape index (κ3) is 7.42. The van der Waals surface area contributed by atoms with Crippen LogP contribution >= 0.6 is 0 Å². The number of hydrogen-bond donors (Lipinski definition) is 0. The van der Waals surface area contributed by atoms with Crippen molar-refractivity contribution in [2.75, 3.05) is 23.9 Å². The van der Waals surface area contributed by atoms with Gasteiger partial charge in [-0.3, -0.25) is 0 Å². The van der Waals surface area contributed by atoms with E-state index in [0.29, 0.717) is 0 Å². The molecular weight excluding hydrogens is 1230 g/mol. The van der Waals surface area contributed by atoms with Crippen LogP contribution in [-0.2, 0) is 10.8 Å². The van der Waals surface area contributed by atoms with Crippen LogP contribution in [0.4, 0.5) is 22.7 Å². The molecule has 2 spiro atoms. The third-order valence-electron chi connectivity index (χ3n) is 23.9. The van der Waals surface area contributed by atoms with Crippen LogP contribution < -0.4 is 9.80 Å². The molecule has 2 heteroatoms. The van der Waals surface area contributed by atoms with Crippen molar-refractivity contribution in [2.45, 2.75) is 10.8 Å². The Balaban J connectivity index is 0.899. The fourth-order valence-electron chi connectivity index (χ4n) is 19.9. The van der Waals surface area contributed by atoms with E-state index in [-0.39, 0.29) is 0 Å². The number of rotatable bonds is 5. The smallest absolute Gasteiger partial charge is 0.0754 e. The molecule has 22 rings (SSSR count). The molecule has 2 heterocycles. The third-order valence-corrected chi connectivity index (χ3v) is 23.9. The molecule has 0 N–H and O–H groups in total. The lowest BCUT2D eigenvalue weighted by molar-refractivity contribution is 0.749.